The molecule has 1 aromatic carbocycles. The Morgan fingerprint density at radius 2 is 1.79 bits per heavy atom. The van der Waals surface area contributed by atoms with Gasteiger partial charge in [0.2, 0.25) is 11.4 Å². The van der Waals surface area contributed by atoms with E-state index in [9.17, 15) is 14.4 Å². The molecule has 216 valence electrons. The lowest BCUT2D eigenvalue weighted by Gasteiger charge is -2.45. The van der Waals surface area contributed by atoms with Gasteiger partial charge in [-0.15, -0.1) is 24.8 Å². The van der Waals surface area contributed by atoms with E-state index in [-0.39, 0.29) is 54.7 Å². The van der Waals surface area contributed by atoms with Gasteiger partial charge < -0.3 is 20.1 Å². The maximum atomic E-state index is 12.8. The second-order valence-electron chi connectivity index (χ2n) is 10.0. The summed E-state index contributed by atoms with van der Waals surface area (Å²) in [6, 6.07) is 5.47. The molecule has 0 unspecified atom stereocenters. The molecule has 0 bridgehead atoms. The van der Waals surface area contributed by atoms with Gasteiger partial charge in [-0.1, -0.05) is 24.5 Å². The zero-order valence-electron chi connectivity index (χ0n) is 22.9. The van der Waals surface area contributed by atoms with Crippen LogP contribution in [0.4, 0.5) is 5.82 Å². The lowest BCUT2D eigenvalue weighted by Crippen LogP contribution is -2.76. The Balaban J connectivity index is 0.00000267. The highest BCUT2D eigenvalue weighted by Gasteiger charge is 2.59. The van der Waals surface area contributed by atoms with Crippen molar-refractivity contribution in [2.24, 2.45) is 0 Å². The topological polar surface area (TPSA) is 135 Å². The van der Waals surface area contributed by atoms with Crippen LogP contribution < -0.4 is 16.1 Å². The van der Waals surface area contributed by atoms with Crippen LogP contribution in [-0.4, -0.2) is 76.7 Å². The van der Waals surface area contributed by atoms with Gasteiger partial charge in [0.1, 0.15) is 5.82 Å². The molecule has 2 fully saturated rings. The summed E-state index contributed by atoms with van der Waals surface area (Å²) in [6.45, 7) is 8.08. The molecule has 0 radical (unpaired) electrons. The number of anilines is 1. The zero-order valence-corrected chi connectivity index (χ0v) is 24.5. The van der Waals surface area contributed by atoms with Gasteiger partial charge in [0.05, 0.1) is 18.2 Å². The van der Waals surface area contributed by atoms with E-state index >= 15 is 0 Å². The number of carbonyl (C=O) groups excluding carboxylic acids is 3. The second-order valence-corrected chi connectivity index (χ2v) is 10.0. The lowest BCUT2D eigenvalue weighted by molar-refractivity contribution is -0.196. The van der Waals surface area contributed by atoms with Crippen LogP contribution in [0.2, 0.25) is 0 Å². The van der Waals surface area contributed by atoms with Crippen LogP contribution in [0.1, 0.15) is 62.6 Å². The minimum Gasteiger partial charge on any atom is -0.377 e. The molecule has 2 aliphatic rings. The number of nitrogens with one attached hydrogen (secondary N) is 3. The third-order valence-electron chi connectivity index (χ3n) is 6.91. The quantitative estimate of drug-likeness (QED) is 0.219. The van der Waals surface area contributed by atoms with E-state index in [2.05, 4.69) is 26.0 Å². The fourth-order valence-electron chi connectivity index (χ4n) is 4.64. The van der Waals surface area contributed by atoms with Gasteiger partial charge in [-0.3, -0.25) is 14.4 Å². The number of β-lactam (4-membered cyclic amide) rings is 2. The molecule has 3 amide bonds. The van der Waals surface area contributed by atoms with Crippen molar-refractivity contribution < 1.29 is 23.9 Å². The minimum absolute atomic E-state index is 0. The van der Waals surface area contributed by atoms with Crippen molar-refractivity contribution in [1.29, 1.82) is 0 Å². The van der Waals surface area contributed by atoms with Crippen LogP contribution in [0.3, 0.4) is 0 Å². The first-order chi connectivity index (χ1) is 17.6. The third kappa shape index (κ3) is 6.96. The summed E-state index contributed by atoms with van der Waals surface area (Å²) < 4.78 is 10.6. The predicted octanol–water partition coefficient (Wildman–Crippen LogP) is 2.94. The van der Waals surface area contributed by atoms with E-state index in [4.69, 9.17) is 9.47 Å². The molecule has 39 heavy (non-hydrogen) atoms. The molecular formula is C26H38Cl2N6O5. The van der Waals surface area contributed by atoms with E-state index in [0.29, 0.717) is 24.5 Å². The Morgan fingerprint density at radius 3 is 2.44 bits per heavy atom. The van der Waals surface area contributed by atoms with Gasteiger partial charge in [-0.25, -0.2) is 20.4 Å². The molecule has 4 rings (SSSR count). The van der Waals surface area contributed by atoms with Gasteiger partial charge in [0, 0.05) is 31.1 Å². The molecule has 1 saturated heterocycles. The average Bonchev–Trinajstić information content (AvgIpc) is 2.89. The van der Waals surface area contributed by atoms with Gasteiger partial charge in [-0.2, -0.15) is 0 Å². The van der Waals surface area contributed by atoms with Gasteiger partial charge >= 0.3 is 0 Å². The number of ether oxygens (including phenoxy) is 2. The summed E-state index contributed by atoms with van der Waals surface area (Å²) >= 11 is 0. The van der Waals surface area contributed by atoms with E-state index < -0.39 is 17.4 Å². The normalized spacial score (nSPS) is 20.2. The summed E-state index contributed by atoms with van der Waals surface area (Å²) in [6.07, 6.45) is 3.60. The van der Waals surface area contributed by atoms with Crippen LogP contribution in [-0.2, 0) is 19.1 Å². The van der Waals surface area contributed by atoms with E-state index in [1.807, 2.05) is 39.0 Å². The number of nitrogens with zero attached hydrogens (tertiary/aromatic N) is 3. The highest BCUT2D eigenvalue weighted by molar-refractivity contribution is 6.24. The number of hydrazine groups is 1. The summed E-state index contributed by atoms with van der Waals surface area (Å²) in [5.74, 6) is -0.598. The van der Waals surface area contributed by atoms with Gasteiger partial charge in [0.15, 0.2) is 0 Å². The molecule has 13 heteroatoms. The molecule has 0 spiro atoms. The third-order valence-corrected chi connectivity index (χ3v) is 6.91. The van der Waals surface area contributed by atoms with Crippen LogP contribution in [0.5, 0.6) is 0 Å². The number of carbonyl (C=O) groups is 3. The number of hydrogen-bond donors (Lipinski definition) is 3. The average molecular weight is 586 g/mol. The SMILES string of the molecule is COC1(C)C(=O)N(N[C@@H]2CCCC[C@@H]2Nc2nc(C(=O)NCCOC(C)C)nc3ccc(C)cc23)C1=O.Cl.Cl. The number of halogens is 2. The Hall–Kier alpha value is -2.57. The fraction of sp³-hybridized carbons (Fsp3) is 0.577. The van der Waals surface area contributed by atoms with Crippen molar-refractivity contribution in [3.8, 4) is 0 Å². The number of rotatable bonds is 10. The zero-order chi connectivity index (χ0) is 26.7. The summed E-state index contributed by atoms with van der Waals surface area (Å²) in [5, 5.41) is 8.16. The summed E-state index contributed by atoms with van der Waals surface area (Å²) in [4.78, 5) is 47.0. The van der Waals surface area contributed by atoms with E-state index in [0.717, 1.165) is 41.6 Å². The summed E-state index contributed by atoms with van der Waals surface area (Å²) in [5.41, 5.74) is 3.36. The fourth-order valence-corrected chi connectivity index (χ4v) is 4.64. The van der Waals surface area contributed by atoms with Crippen LogP contribution in [0.15, 0.2) is 18.2 Å². The molecule has 2 atom stereocenters. The number of methoxy groups -OCH3 is 1. The van der Waals surface area contributed by atoms with Crippen LogP contribution >= 0.6 is 24.8 Å². The molecule has 2 heterocycles. The van der Waals surface area contributed by atoms with Crippen molar-refractivity contribution in [3.63, 3.8) is 0 Å². The standard InChI is InChI=1S/C26H36N6O5.2ClH/c1-15(2)37-13-12-27-23(33)22-28-18-11-10-16(3)14-17(18)21(30-22)29-19-8-6-7-9-20(19)31-32-24(34)26(4,36-5)25(32)35;;/h10-11,14-15,19-20,31H,6-9,12-13H2,1-5H3,(H,27,33)(H,28,29,30);2*1H/t19-,20+;;/m0../s1. The van der Waals surface area contributed by atoms with Gasteiger partial charge in [0.25, 0.3) is 17.7 Å². The summed E-state index contributed by atoms with van der Waals surface area (Å²) in [7, 11) is 1.35. The molecule has 1 aliphatic carbocycles. The Kier molecular flexibility index (Phi) is 11.4. The molecule has 3 N–H and O–H groups in total. The number of imide groups is 1. The molecular weight excluding hydrogens is 547 g/mol. The molecule has 11 nitrogen and oxygen atoms in total. The van der Waals surface area contributed by atoms with E-state index in [1.165, 1.54) is 14.0 Å². The largest absolute Gasteiger partial charge is 0.377 e. The van der Waals surface area contributed by atoms with Crippen molar-refractivity contribution in [2.45, 2.75) is 77.2 Å². The first-order valence-electron chi connectivity index (χ1n) is 12.8. The van der Waals surface area contributed by atoms with Crippen molar-refractivity contribution in [1.82, 2.24) is 25.7 Å². The van der Waals surface area contributed by atoms with Crippen molar-refractivity contribution in [3.05, 3.63) is 29.6 Å². The molecule has 1 aromatic heterocycles. The number of benzene rings is 1. The Labute approximate surface area is 241 Å². The number of amides is 3. The number of aromatic nitrogens is 2. The second kappa shape index (κ2) is 13.7. The van der Waals surface area contributed by atoms with E-state index in [1.54, 1.807) is 0 Å². The first kappa shape index (κ1) is 32.6. The number of aryl methyl sites for hydroxylation is 1. The molecule has 2 aromatic rings. The van der Waals surface area contributed by atoms with Crippen molar-refractivity contribution in [2.75, 3.05) is 25.6 Å². The first-order valence-corrected chi connectivity index (χ1v) is 12.8. The smallest absolute Gasteiger partial charge is 0.289 e. The lowest BCUT2D eigenvalue weighted by atomic mass is 9.89. The van der Waals surface area contributed by atoms with Crippen molar-refractivity contribution >= 4 is 59.3 Å². The number of hydrogen-bond acceptors (Lipinski definition) is 9. The monoisotopic (exact) mass is 584 g/mol. The maximum absolute atomic E-state index is 12.8. The molecule has 1 saturated carbocycles. The Morgan fingerprint density at radius 1 is 1.13 bits per heavy atom. The Bertz CT molecular complexity index is 1180. The van der Waals surface area contributed by atoms with Crippen LogP contribution in [0.25, 0.3) is 10.9 Å². The predicted molar refractivity (Wildman–Crippen MR) is 152 cm³/mol. The van der Waals surface area contributed by atoms with Crippen LogP contribution in [0, 0.1) is 6.92 Å². The highest BCUT2D eigenvalue weighted by atomic mass is 35.5. The maximum Gasteiger partial charge on any atom is 0.289 e. The molecule has 1 aliphatic heterocycles. The number of fused-ring (bicyclic) bond motifs is 1. The van der Waals surface area contributed by atoms with Gasteiger partial charge in [-0.05, 0) is 52.7 Å². The minimum atomic E-state index is -1.44. The highest BCUT2D eigenvalue weighted by Crippen LogP contribution is 2.30.